The first-order chi connectivity index (χ1) is 11.3. The molecule has 0 saturated heterocycles. The maximum absolute atomic E-state index is 5.35. The summed E-state index contributed by atoms with van der Waals surface area (Å²) in [6.45, 7) is 2.01. The van der Waals surface area contributed by atoms with Crippen molar-refractivity contribution in [2.24, 2.45) is 0 Å². The van der Waals surface area contributed by atoms with Crippen molar-refractivity contribution in [3.05, 3.63) is 62.9 Å². The predicted octanol–water partition coefficient (Wildman–Crippen LogP) is 4.82. The fourth-order valence-electron chi connectivity index (χ4n) is 2.29. The Hall–Kier alpha value is -2.31. The van der Waals surface area contributed by atoms with Gasteiger partial charge in [0, 0.05) is 21.4 Å². The van der Waals surface area contributed by atoms with E-state index in [-0.39, 0.29) is 0 Å². The van der Waals surface area contributed by atoms with Gasteiger partial charge >= 0.3 is 0 Å². The lowest BCUT2D eigenvalue weighted by molar-refractivity contribution is 0.386. The highest BCUT2D eigenvalue weighted by molar-refractivity contribution is 7.10. The van der Waals surface area contributed by atoms with E-state index in [1.165, 1.54) is 4.88 Å². The van der Waals surface area contributed by atoms with Gasteiger partial charge in [-0.3, -0.25) is 0 Å². The molecule has 4 nitrogen and oxygen atoms in total. The van der Waals surface area contributed by atoms with Crippen LogP contribution in [0.3, 0.4) is 0 Å². The molecule has 0 radical (unpaired) electrons. The molecule has 0 unspecified atom stereocenters. The Kier molecular flexibility index (Phi) is 3.77. The summed E-state index contributed by atoms with van der Waals surface area (Å²) in [5.41, 5.74) is 3.05. The van der Waals surface area contributed by atoms with Crippen LogP contribution in [0, 0.1) is 6.92 Å². The van der Waals surface area contributed by atoms with Crippen molar-refractivity contribution in [1.29, 1.82) is 0 Å². The summed E-state index contributed by atoms with van der Waals surface area (Å²) in [7, 11) is 0. The number of aryl methyl sites for hydroxylation is 1. The van der Waals surface area contributed by atoms with Crippen LogP contribution in [0.2, 0.25) is 0 Å². The quantitative estimate of drug-likeness (QED) is 0.535. The second kappa shape index (κ2) is 6.06. The van der Waals surface area contributed by atoms with E-state index in [0.29, 0.717) is 18.1 Å². The van der Waals surface area contributed by atoms with Gasteiger partial charge in [-0.1, -0.05) is 35.5 Å². The molecule has 3 heterocycles. The van der Waals surface area contributed by atoms with Crippen molar-refractivity contribution < 1.29 is 4.52 Å². The number of aromatic nitrogens is 3. The first kappa shape index (κ1) is 14.3. The van der Waals surface area contributed by atoms with E-state index in [1.54, 1.807) is 22.7 Å². The third-order valence-electron chi connectivity index (χ3n) is 3.43. The minimum absolute atomic E-state index is 0.623. The molecule has 0 aliphatic heterocycles. The van der Waals surface area contributed by atoms with Crippen LogP contribution >= 0.6 is 22.7 Å². The van der Waals surface area contributed by atoms with Crippen molar-refractivity contribution >= 4 is 22.7 Å². The fraction of sp³-hybridized carbons (Fsp3) is 0.118. The van der Waals surface area contributed by atoms with Gasteiger partial charge in [-0.05, 0) is 18.4 Å². The summed E-state index contributed by atoms with van der Waals surface area (Å²) in [5.74, 6) is 1.26. The first-order valence-corrected chi connectivity index (χ1v) is 8.92. The molecule has 0 amide bonds. The number of rotatable bonds is 4. The molecular formula is C17H13N3OS2. The minimum atomic E-state index is 0.623. The third kappa shape index (κ3) is 3.09. The molecule has 0 N–H and O–H groups in total. The lowest BCUT2D eigenvalue weighted by atomic mass is 10.1. The highest BCUT2D eigenvalue weighted by Gasteiger charge is 2.10. The molecule has 0 atom stereocenters. The summed E-state index contributed by atoms with van der Waals surface area (Å²) in [6.07, 6.45) is 0.681. The molecule has 1 aromatic carbocycles. The van der Waals surface area contributed by atoms with E-state index in [2.05, 4.69) is 26.6 Å². The maximum Gasteiger partial charge on any atom is 0.232 e. The number of hydrogen-bond acceptors (Lipinski definition) is 6. The molecule has 4 aromatic rings. The number of thiophene rings is 1. The summed E-state index contributed by atoms with van der Waals surface area (Å²) < 4.78 is 5.35. The van der Waals surface area contributed by atoms with E-state index < -0.39 is 0 Å². The van der Waals surface area contributed by atoms with Gasteiger partial charge in [0.2, 0.25) is 11.7 Å². The number of nitrogens with zero attached hydrogens (tertiary/aromatic N) is 3. The zero-order chi connectivity index (χ0) is 15.6. The number of thiazole rings is 1. The minimum Gasteiger partial charge on any atom is -0.339 e. The van der Waals surface area contributed by atoms with E-state index >= 15 is 0 Å². The zero-order valence-corrected chi connectivity index (χ0v) is 14.0. The molecule has 0 saturated carbocycles. The predicted molar refractivity (Wildman–Crippen MR) is 92.7 cm³/mol. The first-order valence-electron chi connectivity index (χ1n) is 7.16. The van der Waals surface area contributed by atoms with E-state index in [9.17, 15) is 0 Å². The molecule has 0 spiro atoms. The van der Waals surface area contributed by atoms with E-state index in [4.69, 9.17) is 4.52 Å². The van der Waals surface area contributed by atoms with Crippen LogP contribution in [-0.4, -0.2) is 15.1 Å². The van der Waals surface area contributed by atoms with Crippen LogP contribution in [0.15, 0.2) is 51.7 Å². The van der Waals surface area contributed by atoms with Gasteiger partial charge in [0.25, 0.3) is 0 Å². The van der Waals surface area contributed by atoms with Gasteiger partial charge in [-0.2, -0.15) is 4.98 Å². The van der Waals surface area contributed by atoms with E-state index in [0.717, 1.165) is 21.8 Å². The van der Waals surface area contributed by atoms with Crippen LogP contribution < -0.4 is 0 Å². The lowest BCUT2D eigenvalue weighted by Gasteiger charge is -1.98. The normalized spacial score (nSPS) is 11.0. The summed E-state index contributed by atoms with van der Waals surface area (Å²) >= 11 is 3.35. The Morgan fingerprint density at radius 1 is 1.00 bits per heavy atom. The Bertz CT molecular complexity index is 908. The van der Waals surface area contributed by atoms with Crippen molar-refractivity contribution in [1.82, 2.24) is 15.1 Å². The molecule has 23 heavy (non-hydrogen) atoms. The summed E-state index contributed by atoms with van der Waals surface area (Å²) in [6, 6.07) is 12.2. The van der Waals surface area contributed by atoms with Gasteiger partial charge in [-0.15, -0.1) is 22.7 Å². The molecule has 0 aliphatic rings. The Labute approximate surface area is 141 Å². The standard InChI is InChI=1S/C17H13N3OS2/c1-11-18-15(10-23-11)12-4-6-13(7-5-12)17-19-16(21-20-17)9-14-3-2-8-22-14/h2-8,10H,9H2,1H3. The lowest BCUT2D eigenvalue weighted by Crippen LogP contribution is -1.85. The van der Waals surface area contributed by atoms with Crippen LogP contribution in [-0.2, 0) is 6.42 Å². The molecule has 0 bridgehead atoms. The van der Waals surface area contributed by atoms with Gasteiger partial charge in [0.15, 0.2) is 0 Å². The highest BCUT2D eigenvalue weighted by atomic mass is 32.1. The molecule has 4 rings (SSSR count). The Morgan fingerprint density at radius 3 is 2.52 bits per heavy atom. The van der Waals surface area contributed by atoms with Crippen LogP contribution in [0.4, 0.5) is 0 Å². The molecular weight excluding hydrogens is 326 g/mol. The van der Waals surface area contributed by atoms with Crippen molar-refractivity contribution in [3.8, 4) is 22.6 Å². The zero-order valence-electron chi connectivity index (χ0n) is 12.4. The maximum atomic E-state index is 5.35. The Morgan fingerprint density at radius 2 is 1.83 bits per heavy atom. The third-order valence-corrected chi connectivity index (χ3v) is 5.08. The average molecular weight is 339 g/mol. The molecule has 0 fully saturated rings. The van der Waals surface area contributed by atoms with Crippen LogP contribution in [0.25, 0.3) is 22.6 Å². The Balaban J connectivity index is 1.55. The summed E-state index contributed by atoms with van der Waals surface area (Å²) in [4.78, 5) is 10.2. The second-order valence-corrected chi connectivity index (χ2v) is 7.19. The largest absolute Gasteiger partial charge is 0.339 e. The molecule has 3 aromatic heterocycles. The average Bonchev–Trinajstić information content (AvgIpc) is 3.30. The van der Waals surface area contributed by atoms with Crippen molar-refractivity contribution in [3.63, 3.8) is 0 Å². The van der Waals surface area contributed by atoms with Crippen molar-refractivity contribution in [2.75, 3.05) is 0 Å². The molecule has 114 valence electrons. The SMILES string of the molecule is Cc1nc(-c2ccc(-c3noc(Cc4cccs4)n3)cc2)cs1. The highest BCUT2D eigenvalue weighted by Crippen LogP contribution is 2.25. The van der Waals surface area contributed by atoms with Gasteiger partial charge in [0.05, 0.1) is 17.1 Å². The van der Waals surface area contributed by atoms with Gasteiger partial charge in [0.1, 0.15) is 0 Å². The number of benzene rings is 1. The fourth-order valence-corrected chi connectivity index (χ4v) is 3.61. The molecule has 0 aliphatic carbocycles. The van der Waals surface area contributed by atoms with Crippen LogP contribution in [0.5, 0.6) is 0 Å². The van der Waals surface area contributed by atoms with Crippen molar-refractivity contribution in [2.45, 2.75) is 13.3 Å². The second-order valence-electron chi connectivity index (χ2n) is 5.10. The van der Waals surface area contributed by atoms with E-state index in [1.807, 2.05) is 42.6 Å². The topological polar surface area (TPSA) is 51.8 Å². The monoisotopic (exact) mass is 339 g/mol. The van der Waals surface area contributed by atoms with Crippen LogP contribution in [0.1, 0.15) is 15.8 Å². The van der Waals surface area contributed by atoms with Gasteiger partial charge < -0.3 is 4.52 Å². The molecule has 6 heteroatoms. The smallest absolute Gasteiger partial charge is 0.232 e. The summed E-state index contributed by atoms with van der Waals surface area (Å²) in [5, 5.41) is 9.26. The van der Waals surface area contributed by atoms with Gasteiger partial charge in [-0.25, -0.2) is 4.98 Å². The number of hydrogen-bond donors (Lipinski definition) is 0.